The summed E-state index contributed by atoms with van der Waals surface area (Å²) in [6, 6.07) is 7.35. The van der Waals surface area contributed by atoms with Gasteiger partial charge in [-0.25, -0.2) is 0 Å². The van der Waals surface area contributed by atoms with Gasteiger partial charge in [-0.1, -0.05) is 29.3 Å². The standard InChI is InChI=1S/C23H31NO/c1-14-5-15(2)7-16(6-14)9-19-3-4-24(23(19)25)22-20-10-17-8-18(12-20)13-21(22)11-17/h5-7,17-22H,3-4,8-13H2,1-2H3. The summed E-state index contributed by atoms with van der Waals surface area (Å²) in [4.78, 5) is 15.6. The van der Waals surface area contributed by atoms with E-state index in [1.54, 1.807) is 0 Å². The van der Waals surface area contributed by atoms with Gasteiger partial charge in [-0.3, -0.25) is 4.79 Å². The normalized spacial score (nSPS) is 39.4. The molecular weight excluding hydrogens is 306 g/mol. The number of hydrogen-bond acceptors (Lipinski definition) is 1. The van der Waals surface area contributed by atoms with Crippen molar-refractivity contribution < 1.29 is 4.79 Å². The Labute approximate surface area is 152 Å². The molecule has 1 unspecified atom stereocenters. The Morgan fingerprint density at radius 3 is 2.12 bits per heavy atom. The Kier molecular flexibility index (Phi) is 3.73. The Morgan fingerprint density at radius 2 is 1.52 bits per heavy atom. The minimum absolute atomic E-state index is 0.221. The summed E-state index contributed by atoms with van der Waals surface area (Å²) in [5.41, 5.74) is 3.99. The van der Waals surface area contributed by atoms with E-state index in [-0.39, 0.29) is 5.92 Å². The second-order valence-corrected chi connectivity index (χ2v) is 9.64. The number of nitrogens with zero attached hydrogens (tertiary/aromatic N) is 1. The van der Waals surface area contributed by atoms with Gasteiger partial charge in [0, 0.05) is 18.5 Å². The maximum absolute atomic E-state index is 13.2. The lowest BCUT2D eigenvalue weighted by atomic mass is 9.54. The molecule has 4 saturated carbocycles. The largest absolute Gasteiger partial charge is 0.339 e. The van der Waals surface area contributed by atoms with Crippen molar-refractivity contribution in [3.8, 4) is 0 Å². The third kappa shape index (κ3) is 2.73. The van der Waals surface area contributed by atoms with Gasteiger partial charge in [0.25, 0.3) is 0 Å². The van der Waals surface area contributed by atoms with Gasteiger partial charge in [0.15, 0.2) is 0 Å². The molecule has 0 aromatic heterocycles. The molecule has 0 N–H and O–H groups in total. The number of amides is 1. The summed E-state index contributed by atoms with van der Waals surface area (Å²) in [6.07, 6.45) is 9.11. The van der Waals surface area contributed by atoms with Crippen molar-refractivity contribution >= 4 is 5.91 Å². The first-order chi connectivity index (χ1) is 12.1. The van der Waals surface area contributed by atoms with Crippen LogP contribution in [0, 0.1) is 43.4 Å². The van der Waals surface area contributed by atoms with Gasteiger partial charge in [-0.2, -0.15) is 0 Å². The average Bonchev–Trinajstić information content (AvgIpc) is 2.87. The van der Waals surface area contributed by atoms with E-state index in [0.29, 0.717) is 11.9 Å². The van der Waals surface area contributed by atoms with Crippen molar-refractivity contribution in [1.82, 2.24) is 4.90 Å². The summed E-state index contributed by atoms with van der Waals surface area (Å²) in [5, 5.41) is 0. The van der Waals surface area contributed by atoms with E-state index in [1.165, 1.54) is 48.8 Å². The number of likely N-dealkylation sites (tertiary alicyclic amines) is 1. The molecule has 1 aromatic carbocycles. The molecule has 1 saturated heterocycles. The topological polar surface area (TPSA) is 20.3 Å². The van der Waals surface area contributed by atoms with Gasteiger partial charge < -0.3 is 4.90 Å². The summed E-state index contributed by atoms with van der Waals surface area (Å²) < 4.78 is 0. The lowest BCUT2D eigenvalue weighted by molar-refractivity contribution is -0.141. The molecule has 4 bridgehead atoms. The Hall–Kier alpha value is -1.31. The average molecular weight is 338 g/mol. The van der Waals surface area contributed by atoms with E-state index in [2.05, 4.69) is 36.9 Å². The minimum Gasteiger partial charge on any atom is -0.339 e. The van der Waals surface area contributed by atoms with E-state index >= 15 is 0 Å². The highest BCUT2D eigenvalue weighted by Crippen LogP contribution is 2.55. The van der Waals surface area contributed by atoms with Gasteiger partial charge in [0.2, 0.25) is 5.91 Å². The van der Waals surface area contributed by atoms with E-state index in [1.807, 2.05) is 0 Å². The van der Waals surface area contributed by atoms with E-state index in [0.717, 1.165) is 43.1 Å². The molecule has 25 heavy (non-hydrogen) atoms. The number of benzene rings is 1. The summed E-state index contributed by atoms with van der Waals surface area (Å²) >= 11 is 0. The first kappa shape index (κ1) is 15.9. The molecule has 1 aromatic rings. The fourth-order valence-electron chi connectivity index (χ4n) is 7.13. The van der Waals surface area contributed by atoms with Crippen LogP contribution < -0.4 is 0 Å². The maximum atomic E-state index is 13.2. The fraction of sp³-hybridized carbons (Fsp3) is 0.696. The zero-order valence-electron chi connectivity index (χ0n) is 15.7. The van der Waals surface area contributed by atoms with Crippen molar-refractivity contribution in [3.05, 3.63) is 34.9 Å². The molecule has 1 amide bonds. The number of hydrogen-bond donors (Lipinski definition) is 0. The van der Waals surface area contributed by atoms with Crippen molar-refractivity contribution in [2.45, 2.75) is 64.8 Å². The second kappa shape index (κ2) is 5.86. The highest BCUT2D eigenvalue weighted by Gasteiger charge is 2.52. The maximum Gasteiger partial charge on any atom is 0.226 e. The molecule has 4 aliphatic carbocycles. The first-order valence-corrected chi connectivity index (χ1v) is 10.4. The number of carbonyl (C=O) groups is 1. The minimum atomic E-state index is 0.221. The molecular formula is C23H31NO. The molecule has 0 radical (unpaired) electrons. The van der Waals surface area contributed by atoms with Crippen LogP contribution in [0.2, 0.25) is 0 Å². The van der Waals surface area contributed by atoms with Crippen LogP contribution in [0.4, 0.5) is 0 Å². The van der Waals surface area contributed by atoms with Crippen LogP contribution in [-0.4, -0.2) is 23.4 Å². The summed E-state index contributed by atoms with van der Waals surface area (Å²) in [5.74, 6) is 4.31. The van der Waals surface area contributed by atoms with Crippen molar-refractivity contribution in [1.29, 1.82) is 0 Å². The molecule has 6 rings (SSSR count). The second-order valence-electron chi connectivity index (χ2n) is 9.64. The third-order valence-electron chi connectivity index (χ3n) is 7.65. The smallest absolute Gasteiger partial charge is 0.226 e. The summed E-state index contributed by atoms with van der Waals surface area (Å²) in [7, 11) is 0. The molecule has 5 fully saturated rings. The van der Waals surface area contributed by atoms with E-state index < -0.39 is 0 Å². The van der Waals surface area contributed by atoms with Crippen LogP contribution in [0.5, 0.6) is 0 Å². The van der Waals surface area contributed by atoms with Crippen LogP contribution in [0.15, 0.2) is 18.2 Å². The SMILES string of the molecule is Cc1cc(C)cc(CC2CCN(C3C4CC5CC(C4)CC3C5)C2=O)c1. The van der Waals surface area contributed by atoms with Crippen LogP contribution in [-0.2, 0) is 11.2 Å². The van der Waals surface area contributed by atoms with Crippen molar-refractivity contribution in [2.75, 3.05) is 6.54 Å². The van der Waals surface area contributed by atoms with Crippen LogP contribution in [0.1, 0.15) is 55.2 Å². The number of rotatable bonds is 3. The highest BCUT2D eigenvalue weighted by atomic mass is 16.2. The quantitative estimate of drug-likeness (QED) is 0.794. The predicted molar refractivity (Wildman–Crippen MR) is 100 cm³/mol. The molecule has 5 aliphatic rings. The molecule has 0 spiro atoms. The highest BCUT2D eigenvalue weighted by molar-refractivity contribution is 5.81. The van der Waals surface area contributed by atoms with E-state index in [9.17, 15) is 4.79 Å². The molecule has 134 valence electrons. The van der Waals surface area contributed by atoms with Gasteiger partial charge in [-0.15, -0.1) is 0 Å². The van der Waals surface area contributed by atoms with Gasteiger partial charge in [0.05, 0.1) is 0 Å². The number of carbonyl (C=O) groups excluding carboxylic acids is 1. The van der Waals surface area contributed by atoms with Gasteiger partial charge in [-0.05, 0) is 88.0 Å². The lowest BCUT2D eigenvalue weighted by Gasteiger charge is -2.56. The predicted octanol–water partition coefficient (Wildman–Crippen LogP) is 4.52. The zero-order chi connectivity index (χ0) is 17.1. The fourth-order valence-corrected chi connectivity index (χ4v) is 7.13. The monoisotopic (exact) mass is 337 g/mol. The molecule has 1 aliphatic heterocycles. The van der Waals surface area contributed by atoms with Crippen molar-refractivity contribution in [3.63, 3.8) is 0 Å². The molecule has 1 heterocycles. The van der Waals surface area contributed by atoms with Gasteiger partial charge >= 0.3 is 0 Å². The Bertz CT molecular complexity index is 645. The molecule has 2 nitrogen and oxygen atoms in total. The Balaban J connectivity index is 1.32. The van der Waals surface area contributed by atoms with Crippen LogP contribution in [0.25, 0.3) is 0 Å². The first-order valence-electron chi connectivity index (χ1n) is 10.4. The molecule has 2 heteroatoms. The molecule has 1 atom stereocenters. The van der Waals surface area contributed by atoms with Crippen LogP contribution in [0.3, 0.4) is 0 Å². The van der Waals surface area contributed by atoms with Crippen molar-refractivity contribution in [2.24, 2.45) is 29.6 Å². The zero-order valence-corrected chi connectivity index (χ0v) is 15.7. The van der Waals surface area contributed by atoms with Crippen LogP contribution >= 0.6 is 0 Å². The third-order valence-corrected chi connectivity index (χ3v) is 7.65. The summed E-state index contributed by atoms with van der Waals surface area (Å²) in [6.45, 7) is 5.34. The van der Waals surface area contributed by atoms with Gasteiger partial charge in [0.1, 0.15) is 0 Å². The lowest BCUT2D eigenvalue weighted by Crippen LogP contribution is -2.56. The van der Waals surface area contributed by atoms with E-state index in [4.69, 9.17) is 0 Å². The Morgan fingerprint density at radius 1 is 0.920 bits per heavy atom. The number of aryl methyl sites for hydroxylation is 2.